The first kappa shape index (κ1) is 16.3. The molecule has 0 bridgehead atoms. The van der Waals surface area contributed by atoms with Gasteiger partial charge in [-0.05, 0) is 36.4 Å². The number of benzene rings is 1. The molecule has 0 fully saturated rings. The van der Waals surface area contributed by atoms with Gasteiger partial charge in [0, 0.05) is 10.9 Å². The molecule has 0 aliphatic carbocycles. The lowest BCUT2D eigenvalue weighted by Crippen LogP contribution is -2.17. The second-order valence-electron chi connectivity index (χ2n) is 4.32. The van der Waals surface area contributed by atoms with E-state index in [9.17, 15) is 9.18 Å². The Bertz CT molecular complexity index is 682. The van der Waals surface area contributed by atoms with Gasteiger partial charge in [-0.15, -0.1) is 0 Å². The molecule has 0 aromatic heterocycles. The molecule has 1 aromatic carbocycles. The predicted octanol–water partition coefficient (Wildman–Crippen LogP) is 3.27. The minimum atomic E-state index is -0.718. The molecular weight excluding hydrogens is 357 g/mol. The van der Waals surface area contributed by atoms with E-state index in [1.54, 1.807) is 23.7 Å². The summed E-state index contributed by atoms with van der Waals surface area (Å²) in [5.41, 5.74) is 1.95. The maximum Gasteiger partial charge on any atom is 0.356 e. The second kappa shape index (κ2) is 7.24. The normalized spacial score (nSPS) is 16.3. The fraction of sp³-hybridized carbons (Fsp3) is 0.133. The van der Waals surface area contributed by atoms with Crippen LogP contribution in [-0.4, -0.2) is 18.3 Å². The van der Waals surface area contributed by atoms with Crippen molar-refractivity contribution in [3.63, 3.8) is 0 Å². The summed E-state index contributed by atoms with van der Waals surface area (Å²) < 4.78 is 24.5. The van der Waals surface area contributed by atoms with E-state index in [0.717, 1.165) is 0 Å². The molecule has 0 unspecified atom stereocenters. The zero-order valence-electron chi connectivity index (χ0n) is 11.6. The van der Waals surface area contributed by atoms with Gasteiger partial charge >= 0.3 is 5.97 Å². The van der Waals surface area contributed by atoms with Gasteiger partial charge in [0.25, 0.3) is 0 Å². The third-order valence-corrected chi connectivity index (χ3v) is 3.38. The number of nitrogens with one attached hydrogen (secondary N) is 1. The monoisotopic (exact) mass is 369 g/mol. The Morgan fingerprint density at radius 1 is 1.55 bits per heavy atom. The van der Waals surface area contributed by atoms with E-state index in [1.807, 2.05) is 0 Å². The van der Waals surface area contributed by atoms with Gasteiger partial charge in [0.1, 0.15) is 23.0 Å². The highest BCUT2D eigenvalue weighted by molar-refractivity contribution is 9.10. The van der Waals surface area contributed by atoms with Crippen LogP contribution in [0.4, 0.5) is 4.39 Å². The third-order valence-electron chi connectivity index (χ3n) is 2.89. The number of carbonyl (C=O) groups is 1. The first-order chi connectivity index (χ1) is 10.5. The average molecular weight is 370 g/mol. The molecule has 116 valence electrons. The summed E-state index contributed by atoms with van der Waals surface area (Å²) in [4.78, 5) is 11.3. The van der Waals surface area contributed by atoms with Crippen LogP contribution >= 0.6 is 15.9 Å². The minimum absolute atomic E-state index is 0.137. The Hall–Kier alpha value is -2.12. The second-order valence-corrected chi connectivity index (χ2v) is 5.23. The van der Waals surface area contributed by atoms with Gasteiger partial charge in [0.15, 0.2) is 0 Å². The van der Waals surface area contributed by atoms with Crippen molar-refractivity contribution in [3.8, 4) is 0 Å². The van der Waals surface area contributed by atoms with Crippen LogP contribution in [0.15, 0.2) is 52.4 Å². The van der Waals surface area contributed by atoms with E-state index >= 15 is 0 Å². The number of ether oxygens (including phenoxy) is 2. The number of rotatable bonds is 4. The molecule has 5 nitrogen and oxygen atoms in total. The van der Waals surface area contributed by atoms with Crippen molar-refractivity contribution in [2.45, 2.75) is 6.42 Å². The van der Waals surface area contributed by atoms with E-state index in [1.165, 1.54) is 25.3 Å². The van der Waals surface area contributed by atoms with Crippen LogP contribution in [0.25, 0.3) is 5.76 Å². The number of esters is 1. The molecule has 0 spiro atoms. The van der Waals surface area contributed by atoms with Gasteiger partial charge in [-0.25, -0.2) is 9.18 Å². The van der Waals surface area contributed by atoms with Crippen molar-refractivity contribution in [2.75, 3.05) is 7.11 Å². The highest BCUT2D eigenvalue weighted by atomic mass is 79.9. The summed E-state index contributed by atoms with van der Waals surface area (Å²) in [7, 11) is 1.20. The molecule has 1 aliphatic heterocycles. The number of hydrogen-bond acceptors (Lipinski definition) is 5. The van der Waals surface area contributed by atoms with Gasteiger partial charge in [0.2, 0.25) is 0 Å². The standard InChI is InChI=1S/C15H13BrFNO4/c1-21-15(19)13(18-20)6-3-10-4-7-14(22-10)11-5-2-9(16)8-12(11)17/h2-3,5-8,18,20H,4H2,1H3/b10-3+,13-6-. The molecule has 0 amide bonds. The van der Waals surface area contributed by atoms with Gasteiger partial charge in [-0.1, -0.05) is 15.9 Å². The molecule has 0 atom stereocenters. The number of allylic oxidation sites excluding steroid dienone is 3. The lowest BCUT2D eigenvalue weighted by Gasteiger charge is -2.06. The van der Waals surface area contributed by atoms with E-state index in [0.29, 0.717) is 28.0 Å². The average Bonchev–Trinajstić information content (AvgIpc) is 2.96. The largest absolute Gasteiger partial charge is 0.464 e. The van der Waals surface area contributed by atoms with Crippen LogP contribution in [0, 0.1) is 5.82 Å². The third kappa shape index (κ3) is 3.75. The van der Waals surface area contributed by atoms with Crippen LogP contribution in [0.3, 0.4) is 0 Å². The molecule has 1 aliphatic rings. The number of hydroxylamine groups is 1. The number of hydrogen-bond donors (Lipinski definition) is 2. The zero-order chi connectivity index (χ0) is 16.1. The van der Waals surface area contributed by atoms with Gasteiger partial charge in [-0.3, -0.25) is 10.7 Å². The van der Waals surface area contributed by atoms with Crippen molar-refractivity contribution in [3.05, 3.63) is 63.7 Å². The Kier molecular flexibility index (Phi) is 5.35. The Morgan fingerprint density at radius 2 is 2.32 bits per heavy atom. The molecule has 2 rings (SSSR count). The number of methoxy groups -OCH3 is 1. The molecule has 0 saturated heterocycles. The summed E-state index contributed by atoms with van der Waals surface area (Å²) >= 11 is 3.19. The van der Waals surface area contributed by atoms with Crippen molar-refractivity contribution in [2.24, 2.45) is 0 Å². The first-order valence-corrected chi connectivity index (χ1v) is 7.07. The summed E-state index contributed by atoms with van der Waals surface area (Å²) in [6.45, 7) is 0. The maximum absolute atomic E-state index is 13.9. The minimum Gasteiger partial charge on any atom is -0.464 e. The topological polar surface area (TPSA) is 67.8 Å². The van der Waals surface area contributed by atoms with Crippen molar-refractivity contribution in [1.29, 1.82) is 0 Å². The SMILES string of the molecule is COC(=O)/C(=C/C=C1\CC=C(c2ccc(Br)cc2F)O1)NO. The first-order valence-electron chi connectivity index (χ1n) is 6.28. The van der Waals surface area contributed by atoms with Crippen LogP contribution in [-0.2, 0) is 14.3 Å². The fourth-order valence-electron chi connectivity index (χ4n) is 1.81. The smallest absolute Gasteiger partial charge is 0.356 e. The van der Waals surface area contributed by atoms with Crippen molar-refractivity contribution in [1.82, 2.24) is 5.48 Å². The van der Waals surface area contributed by atoms with Gasteiger partial charge in [0.05, 0.1) is 12.7 Å². The van der Waals surface area contributed by atoms with E-state index < -0.39 is 11.8 Å². The number of carbonyl (C=O) groups excluding carboxylic acids is 1. The Labute approximate surface area is 134 Å². The van der Waals surface area contributed by atoms with Crippen LogP contribution in [0.5, 0.6) is 0 Å². The van der Waals surface area contributed by atoms with Crippen LogP contribution < -0.4 is 5.48 Å². The summed E-state index contributed by atoms with van der Waals surface area (Å²) in [6, 6.07) is 4.68. The lowest BCUT2D eigenvalue weighted by molar-refractivity contribution is -0.137. The number of halogens is 2. The molecular formula is C15H13BrFNO4. The molecule has 7 heteroatoms. The quantitative estimate of drug-likeness (QED) is 0.484. The van der Waals surface area contributed by atoms with Crippen LogP contribution in [0.1, 0.15) is 12.0 Å². The van der Waals surface area contributed by atoms with Crippen molar-refractivity contribution < 1.29 is 23.9 Å². The molecule has 1 heterocycles. The maximum atomic E-state index is 13.9. The summed E-state index contributed by atoms with van der Waals surface area (Å²) in [6.07, 6.45) is 4.99. The molecule has 22 heavy (non-hydrogen) atoms. The zero-order valence-corrected chi connectivity index (χ0v) is 13.2. The lowest BCUT2D eigenvalue weighted by atomic mass is 10.1. The highest BCUT2D eigenvalue weighted by Crippen LogP contribution is 2.31. The summed E-state index contributed by atoms with van der Waals surface area (Å²) in [5, 5.41) is 8.84. The fourth-order valence-corrected chi connectivity index (χ4v) is 2.14. The molecule has 2 N–H and O–H groups in total. The molecule has 0 saturated carbocycles. The molecule has 1 aromatic rings. The van der Waals surface area contributed by atoms with Crippen LogP contribution in [0.2, 0.25) is 0 Å². The predicted molar refractivity (Wildman–Crippen MR) is 80.9 cm³/mol. The Morgan fingerprint density at radius 3 is 2.95 bits per heavy atom. The summed E-state index contributed by atoms with van der Waals surface area (Å²) in [5.74, 6) is -0.204. The van der Waals surface area contributed by atoms with Crippen molar-refractivity contribution >= 4 is 27.7 Å². The van der Waals surface area contributed by atoms with E-state index in [4.69, 9.17) is 9.94 Å². The van der Waals surface area contributed by atoms with Gasteiger partial charge in [-0.2, -0.15) is 0 Å². The Balaban J connectivity index is 2.13. The van der Waals surface area contributed by atoms with E-state index in [-0.39, 0.29) is 5.70 Å². The highest BCUT2D eigenvalue weighted by Gasteiger charge is 2.17. The van der Waals surface area contributed by atoms with E-state index in [2.05, 4.69) is 20.7 Å². The molecule has 0 radical (unpaired) electrons. The van der Waals surface area contributed by atoms with Gasteiger partial charge < -0.3 is 9.47 Å².